The highest BCUT2D eigenvalue weighted by Gasteiger charge is 2.34. The summed E-state index contributed by atoms with van der Waals surface area (Å²) in [6, 6.07) is 15.3. The number of ether oxygens (including phenoxy) is 2. The van der Waals surface area contributed by atoms with E-state index >= 15 is 0 Å². The number of H-pyrrole nitrogens is 2. The van der Waals surface area contributed by atoms with Gasteiger partial charge in [0.25, 0.3) is 5.91 Å². The summed E-state index contributed by atoms with van der Waals surface area (Å²) >= 11 is 5.58. The van der Waals surface area contributed by atoms with Gasteiger partial charge in [0, 0.05) is 53.4 Å². The minimum atomic E-state index is -0.0979. The molecule has 0 unspecified atom stereocenters. The van der Waals surface area contributed by atoms with Crippen molar-refractivity contribution in [3.63, 3.8) is 0 Å². The third-order valence-corrected chi connectivity index (χ3v) is 7.14. The first-order valence-electron chi connectivity index (χ1n) is 11.7. The summed E-state index contributed by atoms with van der Waals surface area (Å²) in [5.74, 6) is 1.02. The maximum absolute atomic E-state index is 13.2. The Morgan fingerprint density at radius 3 is 2.54 bits per heavy atom. The Morgan fingerprint density at radius 1 is 1.03 bits per heavy atom. The fourth-order valence-corrected chi connectivity index (χ4v) is 5.19. The molecule has 3 aromatic heterocycles. The van der Waals surface area contributed by atoms with E-state index in [0.717, 1.165) is 22.0 Å². The molecule has 0 aliphatic carbocycles. The zero-order chi connectivity index (χ0) is 25.7. The molecular formula is C27H24N6O3S. The Hall–Kier alpha value is -4.44. The molecule has 2 aromatic carbocycles. The van der Waals surface area contributed by atoms with Crippen LogP contribution in [0.5, 0.6) is 11.5 Å². The number of hydrogen-bond acceptors (Lipinski definition) is 6. The lowest BCUT2D eigenvalue weighted by Crippen LogP contribution is -2.53. The van der Waals surface area contributed by atoms with Crippen molar-refractivity contribution >= 4 is 39.9 Å². The van der Waals surface area contributed by atoms with Gasteiger partial charge in [-0.1, -0.05) is 18.2 Å². The summed E-state index contributed by atoms with van der Waals surface area (Å²) < 4.78 is 13.0. The molecule has 10 heteroatoms. The SMILES string of the molecule is COc1cc2[nH]c(=S)n(C3CN(C(=O)c4cc5ccc(-c6cccnc6)cc5[nH]4)C3)c(=N)c2cc1OC. The quantitative estimate of drug-likeness (QED) is 0.302. The normalized spacial score (nSPS) is 13.6. The van der Waals surface area contributed by atoms with E-state index in [1.54, 1.807) is 42.0 Å². The predicted molar refractivity (Wildman–Crippen MR) is 143 cm³/mol. The topological polar surface area (TPSA) is 112 Å². The van der Waals surface area contributed by atoms with Crippen LogP contribution < -0.4 is 15.0 Å². The van der Waals surface area contributed by atoms with Crippen LogP contribution in [0.25, 0.3) is 32.9 Å². The Morgan fingerprint density at radius 2 is 1.81 bits per heavy atom. The number of methoxy groups -OCH3 is 2. The van der Waals surface area contributed by atoms with Gasteiger partial charge in [0.05, 0.1) is 25.8 Å². The Balaban J connectivity index is 1.25. The molecule has 6 rings (SSSR count). The van der Waals surface area contributed by atoms with E-state index in [9.17, 15) is 4.79 Å². The molecule has 1 amide bonds. The minimum Gasteiger partial charge on any atom is -0.493 e. The molecule has 0 spiro atoms. The molecule has 0 saturated carbocycles. The van der Waals surface area contributed by atoms with Gasteiger partial charge in [-0.05, 0) is 42.0 Å². The van der Waals surface area contributed by atoms with Crippen LogP contribution in [0.3, 0.4) is 0 Å². The Labute approximate surface area is 216 Å². The molecule has 0 radical (unpaired) electrons. The van der Waals surface area contributed by atoms with Crippen LogP contribution >= 0.6 is 12.2 Å². The van der Waals surface area contributed by atoms with Crippen LogP contribution in [-0.4, -0.2) is 57.6 Å². The van der Waals surface area contributed by atoms with E-state index in [1.807, 2.05) is 42.6 Å². The summed E-state index contributed by atoms with van der Waals surface area (Å²) in [6.07, 6.45) is 3.56. The first-order valence-corrected chi connectivity index (χ1v) is 12.1. The average molecular weight is 513 g/mol. The van der Waals surface area contributed by atoms with Gasteiger partial charge in [-0.15, -0.1) is 0 Å². The smallest absolute Gasteiger partial charge is 0.270 e. The number of nitrogens with zero attached hydrogens (tertiary/aromatic N) is 3. The van der Waals surface area contributed by atoms with Crippen molar-refractivity contribution in [2.45, 2.75) is 6.04 Å². The summed E-state index contributed by atoms with van der Waals surface area (Å²) in [5.41, 5.74) is 4.44. The van der Waals surface area contributed by atoms with Crippen molar-refractivity contribution in [2.24, 2.45) is 0 Å². The number of carbonyl (C=O) groups is 1. The highest BCUT2D eigenvalue weighted by atomic mass is 32.1. The zero-order valence-electron chi connectivity index (χ0n) is 20.2. The van der Waals surface area contributed by atoms with E-state index in [4.69, 9.17) is 27.1 Å². The van der Waals surface area contributed by atoms with Crippen molar-refractivity contribution in [2.75, 3.05) is 27.3 Å². The maximum Gasteiger partial charge on any atom is 0.270 e. The molecule has 186 valence electrons. The molecular weight excluding hydrogens is 488 g/mol. The Bertz CT molecular complexity index is 1780. The van der Waals surface area contributed by atoms with Crippen molar-refractivity contribution < 1.29 is 14.3 Å². The van der Waals surface area contributed by atoms with E-state index in [0.29, 0.717) is 46.0 Å². The molecule has 9 nitrogen and oxygen atoms in total. The molecule has 1 fully saturated rings. The van der Waals surface area contributed by atoms with E-state index in [-0.39, 0.29) is 17.4 Å². The molecule has 5 aromatic rings. The van der Waals surface area contributed by atoms with Crippen LogP contribution in [0.2, 0.25) is 0 Å². The van der Waals surface area contributed by atoms with Crippen molar-refractivity contribution in [1.82, 2.24) is 24.4 Å². The molecule has 37 heavy (non-hydrogen) atoms. The van der Waals surface area contributed by atoms with E-state index in [1.165, 1.54) is 0 Å². The van der Waals surface area contributed by atoms with Crippen molar-refractivity contribution in [1.29, 1.82) is 5.41 Å². The lowest BCUT2D eigenvalue weighted by molar-refractivity contribution is 0.0505. The van der Waals surface area contributed by atoms with Crippen molar-refractivity contribution in [3.8, 4) is 22.6 Å². The number of benzene rings is 2. The minimum absolute atomic E-state index is 0.0791. The van der Waals surface area contributed by atoms with Gasteiger partial charge < -0.3 is 24.3 Å². The largest absolute Gasteiger partial charge is 0.493 e. The fraction of sp³-hybridized carbons (Fsp3) is 0.185. The number of carbonyl (C=O) groups excluding carboxylic acids is 1. The number of nitrogens with one attached hydrogen (secondary N) is 3. The number of hydrogen-bond donors (Lipinski definition) is 3. The van der Waals surface area contributed by atoms with Gasteiger partial charge in [0.15, 0.2) is 16.3 Å². The predicted octanol–water partition coefficient (Wildman–Crippen LogP) is 4.44. The molecule has 3 N–H and O–H groups in total. The number of aromatic nitrogens is 4. The molecule has 0 atom stereocenters. The summed E-state index contributed by atoms with van der Waals surface area (Å²) in [4.78, 5) is 25.6. The number of fused-ring (bicyclic) bond motifs is 2. The summed E-state index contributed by atoms with van der Waals surface area (Å²) in [5, 5.41) is 10.4. The van der Waals surface area contributed by atoms with E-state index < -0.39 is 0 Å². The standard InChI is InChI=1S/C27H24N6O3S/c1-35-23-10-19-21(11-24(23)36-2)31-27(37)33(25(19)28)18-13-32(14-18)26(34)22-9-16-6-5-15(8-20(16)30-22)17-4-3-7-29-12-17/h3-12,18,28,30H,13-14H2,1-2H3,(H,31,37). The zero-order valence-corrected chi connectivity index (χ0v) is 21.1. The van der Waals surface area contributed by atoms with Crippen LogP contribution in [0.15, 0.2) is 60.9 Å². The second-order valence-corrected chi connectivity index (χ2v) is 9.38. The first kappa shape index (κ1) is 23.0. The average Bonchev–Trinajstić information content (AvgIpc) is 3.33. The molecule has 0 bridgehead atoms. The Kier molecular flexibility index (Phi) is 5.53. The van der Waals surface area contributed by atoms with Crippen LogP contribution in [0.4, 0.5) is 0 Å². The molecule has 4 heterocycles. The lowest BCUT2D eigenvalue weighted by Gasteiger charge is -2.40. The van der Waals surface area contributed by atoms with Gasteiger partial charge in [-0.25, -0.2) is 0 Å². The number of rotatable bonds is 5. The van der Waals surface area contributed by atoms with Crippen molar-refractivity contribution in [3.05, 3.63) is 76.9 Å². The molecule has 1 saturated heterocycles. The number of likely N-dealkylation sites (tertiary alicyclic amines) is 1. The van der Waals surface area contributed by atoms with Crippen LogP contribution in [-0.2, 0) is 0 Å². The van der Waals surface area contributed by atoms with Gasteiger partial charge >= 0.3 is 0 Å². The third kappa shape index (κ3) is 3.86. The highest BCUT2D eigenvalue weighted by Crippen LogP contribution is 2.31. The molecule has 1 aliphatic rings. The second kappa shape index (κ2) is 8.90. The number of pyridine rings is 1. The summed E-state index contributed by atoms with van der Waals surface area (Å²) in [7, 11) is 3.13. The monoisotopic (exact) mass is 512 g/mol. The lowest BCUT2D eigenvalue weighted by atomic mass is 10.1. The summed E-state index contributed by atoms with van der Waals surface area (Å²) in [6.45, 7) is 0.921. The number of aromatic amines is 2. The molecule has 1 aliphatic heterocycles. The van der Waals surface area contributed by atoms with Gasteiger partial charge in [0.2, 0.25) is 0 Å². The third-order valence-electron chi connectivity index (χ3n) is 6.84. The van der Waals surface area contributed by atoms with Gasteiger partial charge in [-0.3, -0.25) is 19.8 Å². The fourth-order valence-electron chi connectivity index (χ4n) is 4.84. The van der Waals surface area contributed by atoms with Crippen LogP contribution in [0.1, 0.15) is 16.5 Å². The van der Waals surface area contributed by atoms with E-state index in [2.05, 4.69) is 15.0 Å². The van der Waals surface area contributed by atoms with Crippen LogP contribution in [0, 0.1) is 10.2 Å². The maximum atomic E-state index is 13.2. The second-order valence-electron chi connectivity index (χ2n) is 8.99. The highest BCUT2D eigenvalue weighted by molar-refractivity contribution is 7.71. The number of amides is 1. The first-order chi connectivity index (χ1) is 18.0. The van der Waals surface area contributed by atoms with Gasteiger partial charge in [-0.2, -0.15) is 0 Å². The van der Waals surface area contributed by atoms with Gasteiger partial charge in [0.1, 0.15) is 11.2 Å².